The fourth-order valence-electron chi connectivity index (χ4n) is 4.19. The van der Waals surface area contributed by atoms with Crippen LogP contribution in [0.15, 0.2) is 54.6 Å². The van der Waals surface area contributed by atoms with Crippen molar-refractivity contribution in [3.05, 3.63) is 66.0 Å². The van der Waals surface area contributed by atoms with E-state index in [9.17, 15) is 9.59 Å². The largest absolute Gasteiger partial charge is 0.353 e. The first-order chi connectivity index (χ1) is 15.7. The molecule has 3 aromatic rings. The van der Waals surface area contributed by atoms with Crippen molar-refractivity contribution in [2.75, 3.05) is 5.32 Å². The lowest BCUT2D eigenvalue weighted by Gasteiger charge is -2.16. The van der Waals surface area contributed by atoms with Gasteiger partial charge in [0, 0.05) is 36.2 Å². The van der Waals surface area contributed by atoms with Crippen LogP contribution >= 0.6 is 0 Å². The van der Waals surface area contributed by atoms with Crippen LogP contribution in [0.5, 0.6) is 0 Å². The number of aromatic nitrogens is 3. The van der Waals surface area contributed by atoms with E-state index in [4.69, 9.17) is 0 Å². The van der Waals surface area contributed by atoms with Gasteiger partial charge in [0.15, 0.2) is 5.82 Å². The number of nitrogens with one attached hydrogen (secondary N) is 2. The monoisotopic (exact) mass is 429 g/mol. The van der Waals surface area contributed by atoms with Crippen LogP contribution in [0, 0.1) is 5.92 Å². The zero-order valence-electron chi connectivity index (χ0n) is 18.0. The van der Waals surface area contributed by atoms with Crippen LogP contribution in [0.2, 0.25) is 0 Å². The normalized spacial score (nSPS) is 17.8. The first kappa shape index (κ1) is 20.4. The smallest absolute Gasteiger partial charge is 0.227 e. The van der Waals surface area contributed by atoms with E-state index in [-0.39, 0.29) is 23.8 Å². The number of rotatable bonds is 6. The third kappa shape index (κ3) is 4.72. The maximum absolute atomic E-state index is 12.6. The summed E-state index contributed by atoms with van der Waals surface area (Å²) in [6, 6.07) is 17.8. The molecular formula is C25H27N5O2. The first-order valence-electron chi connectivity index (χ1n) is 11.3. The van der Waals surface area contributed by atoms with Gasteiger partial charge < -0.3 is 15.2 Å². The van der Waals surface area contributed by atoms with Crippen LogP contribution in [0.25, 0.3) is 11.4 Å². The van der Waals surface area contributed by atoms with Crippen molar-refractivity contribution >= 4 is 17.5 Å². The minimum absolute atomic E-state index is 0.0192. The standard InChI is InChI=1S/C25H27N5O2/c31-23(16-17-6-10-20(11-7-17)27-25(32)19-8-9-19)26-21-12-13-22-28-29-24(30(22)15-14-21)18-4-2-1-3-5-18/h1-7,10-11,19,21H,8-9,12-16H2,(H,26,31)(H,27,32). The number of carbonyl (C=O) groups is 2. The molecule has 0 bridgehead atoms. The van der Waals surface area contributed by atoms with Gasteiger partial charge in [0.05, 0.1) is 6.42 Å². The molecule has 1 atom stereocenters. The molecule has 2 aromatic carbocycles. The Morgan fingerprint density at radius 3 is 2.47 bits per heavy atom. The molecular weight excluding hydrogens is 402 g/mol. The van der Waals surface area contributed by atoms with Gasteiger partial charge in [0.1, 0.15) is 5.82 Å². The average molecular weight is 430 g/mol. The van der Waals surface area contributed by atoms with Gasteiger partial charge in [0.25, 0.3) is 0 Å². The highest BCUT2D eigenvalue weighted by Crippen LogP contribution is 2.30. The summed E-state index contributed by atoms with van der Waals surface area (Å²) in [4.78, 5) is 24.5. The summed E-state index contributed by atoms with van der Waals surface area (Å²) in [5.74, 6) is 2.16. The Labute approximate surface area is 187 Å². The van der Waals surface area contributed by atoms with E-state index in [2.05, 4.69) is 25.4 Å². The highest BCUT2D eigenvalue weighted by molar-refractivity contribution is 5.94. The number of anilines is 1. The molecule has 2 aliphatic rings. The number of aryl methyl sites for hydroxylation is 1. The van der Waals surface area contributed by atoms with Crippen molar-refractivity contribution in [2.24, 2.45) is 5.92 Å². The minimum Gasteiger partial charge on any atom is -0.353 e. The highest BCUT2D eigenvalue weighted by atomic mass is 16.2. The molecule has 1 aliphatic carbocycles. The van der Waals surface area contributed by atoms with Gasteiger partial charge in [-0.1, -0.05) is 42.5 Å². The molecule has 0 spiro atoms. The van der Waals surface area contributed by atoms with Crippen molar-refractivity contribution in [3.8, 4) is 11.4 Å². The molecule has 2 amide bonds. The number of nitrogens with zero attached hydrogens (tertiary/aromatic N) is 3. The molecule has 2 N–H and O–H groups in total. The van der Waals surface area contributed by atoms with E-state index in [0.29, 0.717) is 6.42 Å². The van der Waals surface area contributed by atoms with E-state index in [1.54, 1.807) is 0 Å². The predicted molar refractivity (Wildman–Crippen MR) is 122 cm³/mol. The van der Waals surface area contributed by atoms with Crippen LogP contribution in [-0.4, -0.2) is 32.6 Å². The number of carbonyl (C=O) groups excluding carboxylic acids is 2. The van der Waals surface area contributed by atoms with Crippen LogP contribution < -0.4 is 10.6 Å². The topological polar surface area (TPSA) is 88.9 Å². The SMILES string of the molecule is O=C(Cc1ccc(NC(=O)C2CC2)cc1)NC1CCc2nnc(-c3ccccc3)n2CC1. The van der Waals surface area contributed by atoms with Crippen molar-refractivity contribution in [2.45, 2.75) is 51.1 Å². The summed E-state index contributed by atoms with van der Waals surface area (Å²) in [5.41, 5.74) is 2.78. The molecule has 1 aliphatic heterocycles. The number of amides is 2. The van der Waals surface area contributed by atoms with Gasteiger partial charge in [-0.2, -0.15) is 0 Å². The molecule has 0 radical (unpaired) electrons. The molecule has 32 heavy (non-hydrogen) atoms. The summed E-state index contributed by atoms with van der Waals surface area (Å²) < 4.78 is 2.18. The number of fused-ring (bicyclic) bond motifs is 1. The van der Waals surface area contributed by atoms with E-state index in [1.165, 1.54) is 0 Å². The summed E-state index contributed by atoms with van der Waals surface area (Å²) in [6.07, 6.45) is 4.79. The molecule has 0 saturated heterocycles. The number of hydrogen-bond donors (Lipinski definition) is 2. The van der Waals surface area contributed by atoms with Gasteiger partial charge in [-0.3, -0.25) is 9.59 Å². The first-order valence-corrected chi connectivity index (χ1v) is 11.3. The van der Waals surface area contributed by atoms with Crippen molar-refractivity contribution < 1.29 is 9.59 Å². The Hall–Kier alpha value is -3.48. The molecule has 1 saturated carbocycles. The van der Waals surface area contributed by atoms with Crippen molar-refractivity contribution in [3.63, 3.8) is 0 Å². The van der Waals surface area contributed by atoms with E-state index in [0.717, 1.165) is 67.1 Å². The van der Waals surface area contributed by atoms with Gasteiger partial charge in [-0.15, -0.1) is 10.2 Å². The predicted octanol–water partition coefficient (Wildman–Crippen LogP) is 3.36. The molecule has 2 heterocycles. The molecule has 164 valence electrons. The van der Waals surface area contributed by atoms with Gasteiger partial charge in [-0.05, 0) is 43.4 Å². The summed E-state index contributed by atoms with van der Waals surface area (Å²) in [7, 11) is 0. The maximum atomic E-state index is 12.6. The third-order valence-electron chi connectivity index (χ3n) is 6.18. The highest BCUT2D eigenvalue weighted by Gasteiger charge is 2.29. The number of hydrogen-bond acceptors (Lipinski definition) is 4. The summed E-state index contributed by atoms with van der Waals surface area (Å²) in [5, 5.41) is 14.9. The fourth-order valence-corrected chi connectivity index (χ4v) is 4.19. The quantitative estimate of drug-likeness (QED) is 0.629. The summed E-state index contributed by atoms with van der Waals surface area (Å²) in [6.45, 7) is 0.785. The average Bonchev–Trinajstić information content (AvgIpc) is 3.61. The second-order valence-corrected chi connectivity index (χ2v) is 8.69. The lowest BCUT2D eigenvalue weighted by molar-refractivity contribution is -0.121. The molecule has 5 rings (SSSR count). The lowest BCUT2D eigenvalue weighted by Crippen LogP contribution is -2.36. The van der Waals surface area contributed by atoms with Gasteiger partial charge >= 0.3 is 0 Å². The second kappa shape index (κ2) is 8.94. The van der Waals surface area contributed by atoms with E-state index < -0.39 is 0 Å². The lowest BCUT2D eigenvalue weighted by atomic mass is 10.1. The Balaban J connectivity index is 1.15. The van der Waals surface area contributed by atoms with E-state index in [1.807, 2.05) is 54.6 Å². The van der Waals surface area contributed by atoms with Crippen molar-refractivity contribution in [1.29, 1.82) is 0 Å². The molecule has 1 unspecified atom stereocenters. The third-order valence-corrected chi connectivity index (χ3v) is 6.18. The summed E-state index contributed by atoms with van der Waals surface area (Å²) >= 11 is 0. The molecule has 1 fully saturated rings. The number of benzene rings is 2. The molecule has 7 heteroatoms. The Morgan fingerprint density at radius 1 is 0.938 bits per heavy atom. The second-order valence-electron chi connectivity index (χ2n) is 8.69. The minimum atomic E-state index is 0.0192. The zero-order valence-corrected chi connectivity index (χ0v) is 18.0. The van der Waals surface area contributed by atoms with Crippen LogP contribution in [-0.2, 0) is 29.0 Å². The maximum Gasteiger partial charge on any atom is 0.227 e. The molecule has 7 nitrogen and oxygen atoms in total. The van der Waals surface area contributed by atoms with Crippen LogP contribution in [0.3, 0.4) is 0 Å². The van der Waals surface area contributed by atoms with Gasteiger partial charge in [0.2, 0.25) is 11.8 Å². The van der Waals surface area contributed by atoms with Gasteiger partial charge in [-0.25, -0.2) is 0 Å². The molecule has 1 aromatic heterocycles. The Kier molecular flexibility index (Phi) is 5.71. The van der Waals surface area contributed by atoms with Crippen LogP contribution in [0.1, 0.15) is 37.1 Å². The fraction of sp³-hybridized carbons (Fsp3) is 0.360. The van der Waals surface area contributed by atoms with Crippen LogP contribution in [0.4, 0.5) is 5.69 Å². The Morgan fingerprint density at radius 2 is 1.72 bits per heavy atom. The Bertz CT molecular complexity index is 1100. The zero-order chi connectivity index (χ0) is 21.9. The van der Waals surface area contributed by atoms with Crippen molar-refractivity contribution in [1.82, 2.24) is 20.1 Å². The van der Waals surface area contributed by atoms with E-state index >= 15 is 0 Å².